The standard InChI is InChI=1S/C23H26N2/c1-8-21-13-24(22-17(4)9-15(2)10-18(22)5)14-25(21)23-19(6)11-16(3)12-20(23)7/h1,9-13H,14H2,2-7H3. The molecule has 2 aromatic carbocycles. The summed E-state index contributed by atoms with van der Waals surface area (Å²) in [6.07, 6.45) is 7.95. The third kappa shape index (κ3) is 3.03. The fraction of sp³-hybridized carbons (Fsp3) is 0.304. The van der Waals surface area contributed by atoms with Gasteiger partial charge in [-0.1, -0.05) is 41.3 Å². The molecule has 3 rings (SSSR count). The van der Waals surface area contributed by atoms with Crippen LogP contribution in [0.5, 0.6) is 0 Å². The minimum atomic E-state index is 0.745. The Hall–Kier alpha value is -2.66. The molecule has 0 radical (unpaired) electrons. The Balaban J connectivity index is 2.06. The van der Waals surface area contributed by atoms with E-state index in [2.05, 4.69) is 87.7 Å². The number of allylic oxidation sites excluding steroid dienone is 1. The highest BCUT2D eigenvalue weighted by Gasteiger charge is 2.26. The molecule has 2 heteroatoms. The molecule has 1 aliphatic heterocycles. The van der Waals surface area contributed by atoms with Gasteiger partial charge in [0.1, 0.15) is 12.4 Å². The lowest BCUT2D eigenvalue weighted by molar-refractivity contribution is 0.944. The van der Waals surface area contributed by atoms with Gasteiger partial charge >= 0.3 is 0 Å². The number of terminal acetylenes is 1. The van der Waals surface area contributed by atoms with Crippen LogP contribution < -0.4 is 9.80 Å². The van der Waals surface area contributed by atoms with Gasteiger partial charge in [-0.3, -0.25) is 0 Å². The van der Waals surface area contributed by atoms with Crippen molar-refractivity contribution < 1.29 is 0 Å². The smallest absolute Gasteiger partial charge is 0.110 e. The molecule has 0 unspecified atom stereocenters. The van der Waals surface area contributed by atoms with Crippen LogP contribution in [0.2, 0.25) is 0 Å². The maximum absolute atomic E-state index is 5.85. The van der Waals surface area contributed by atoms with E-state index in [4.69, 9.17) is 6.42 Å². The van der Waals surface area contributed by atoms with Crippen molar-refractivity contribution in [2.24, 2.45) is 0 Å². The number of hydrogen-bond donors (Lipinski definition) is 0. The van der Waals surface area contributed by atoms with Gasteiger partial charge in [-0.25, -0.2) is 0 Å². The molecule has 0 bridgehead atoms. The molecule has 0 N–H and O–H groups in total. The Morgan fingerprint density at radius 2 is 1.20 bits per heavy atom. The van der Waals surface area contributed by atoms with Crippen LogP contribution in [0.25, 0.3) is 0 Å². The summed E-state index contributed by atoms with van der Waals surface area (Å²) in [7, 11) is 0. The van der Waals surface area contributed by atoms with E-state index in [1.54, 1.807) is 0 Å². The van der Waals surface area contributed by atoms with E-state index in [1.165, 1.54) is 44.8 Å². The van der Waals surface area contributed by atoms with Crippen LogP contribution in [0, 0.1) is 53.9 Å². The highest BCUT2D eigenvalue weighted by Crippen LogP contribution is 2.36. The summed E-state index contributed by atoms with van der Waals surface area (Å²) in [6, 6.07) is 8.91. The largest absolute Gasteiger partial charge is 0.326 e. The molecule has 128 valence electrons. The molecule has 2 nitrogen and oxygen atoms in total. The zero-order valence-corrected chi connectivity index (χ0v) is 16.1. The predicted molar refractivity (Wildman–Crippen MR) is 108 cm³/mol. The fourth-order valence-corrected chi connectivity index (χ4v) is 4.15. The van der Waals surface area contributed by atoms with Gasteiger partial charge < -0.3 is 9.80 Å². The monoisotopic (exact) mass is 330 g/mol. The second kappa shape index (κ2) is 6.33. The second-order valence-corrected chi connectivity index (χ2v) is 7.19. The third-order valence-electron chi connectivity index (χ3n) is 4.84. The van der Waals surface area contributed by atoms with Crippen molar-refractivity contribution in [3.8, 4) is 12.3 Å². The normalized spacial score (nSPS) is 13.9. The number of rotatable bonds is 2. The first kappa shape index (κ1) is 17.2. The molecular weight excluding hydrogens is 304 g/mol. The SMILES string of the molecule is C#CC1=CN(c2c(C)cc(C)cc2C)CN1c1c(C)cc(C)cc1C. The molecule has 1 heterocycles. The van der Waals surface area contributed by atoms with Crippen molar-refractivity contribution in [2.75, 3.05) is 16.5 Å². The molecule has 0 aliphatic carbocycles. The molecule has 0 saturated carbocycles. The summed E-state index contributed by atoms with van der Waals surface area (Å²) >= 11 is 0. The van der Waals surface area contributed by atoms with Crippen molar-refractivity contribution in [3.05, 3.63) is 69.5 Å². The van der Waals surface area contributed by atoms with Gasteiger partial charge in [0.2, 0.25) is 0 Å². The Kier molecular flexibility index (Phi) is 4.35. The van der Waals surface area contributed by atoms with Crippen LogP contribution in [-0.2, 0) is 0 Å². The number of nitrogens with zero attached hydrogens (tertiary/aromatic N) is 2. The molecule has 0 fully saturated rings. The second-order valence-electron chi connectivity index (χ2n) is 7.19. The summed E-state index contributed by atoms with van der Waals surface area (Å²) in [5.41, 5.74) is 11.1. The van der Waals surface area contributed by atoms with E-state index < -0.39 is 0 Å². The lowest BCUT2D eigenvalue weighted by Gasteiger charge is -2.27. The average Bonchev–Trinajstić information content (AvgIpc) is 2.88. The number of hydrogen-bond acceptors (Lipinski definition) is 2. The van der Waals surface area contributed by atoms with Gasteiger partial charge in [-0.05, 0) is 63.8 Å². The van der Waals surface area contributed by atoms with Gasteiger partial charge in [0.15, 0.2) is 0 Å². The Morgan fingerprint density at radius 1 is 0.760 bits per heavy atom. The van der Waals surface area contributed by atoms with Crippen LogP contribution in [0.15, 0.2) is 36.2 Å². The third-order valence-corrected chi connectivity index (χ3v) is 4.84. The minimum Gasteiger partial charge on any atom is -0.326 e. The molecular formula is C23H26N2. The lowest BCUT2D eigenvalue weighted by atomic mass is 10.0. The van der Waals surface area contributed by atoms with Crippen LogP contribution in [-0.4, -0.2) is 6.67 Å². The van der Waals surface area contributed by atoms with Crippen LogP contribution in [0.3, 0.4) is 0 Å². The van der Waals surface area contributed by atoms with E-state index >= 15 is 0 Å². The summed E-state index contributed by atoms with van der Waals surface area (Å²) < 4.78 is 0. The Bertz CT molecular complexity index is 866. The zero-order chi connectivity index (χ0) is 18.3. The predicted octanol–water partition coefficient (Wildman–Crippen LogP) is 5.30. The minimum absolute atomic E-state index is 0.745. The van der Waals surface area contributed by atoms with Crippen molar-refractivity contribution in [3.63, 3.8) is 0 Å². The number of benzene rings is 2. The van der Waals surface area contributed by atoms with E-state index in [0.717, 1.165) is 12.4 Å². The zero-order valence-electron chi connectivity index (χ0n) is 16.1. The lowest BCUT2D eigenvalue weighted by Crippen LogP contribution is -2.28. The van der Waals surface area contributed by atoms with Crippen LogP contribution >= 0.6 is 0 Å². The Labute approximate surface area is 151 Å². The molecule has 25 heavy (non-hydrogen) atoms. The molecule has 2 aromatic rings. The maximum atomic E-state index is 5.85. The Morgan fingerprint density at radius 3 is 1.64 bits per heavy atom. The number of aryl methyl sites for hydroxylation is 6. The van der Waals surface area contributed by atoms with E-state index in [0.29, 0.717) is 0 Å². The van der Waals surface area contributed by atoms with E-state index in [-0.39, 0.29) is 0 Å². The molecule has 0 spiro atoms. The summed E-state index contributed by atoms with van der Waals surface area (Å²) in [5, 5.41) is 0. The first-order chi connectivity index (χ1) is 11.8. The van der Waals surface area contributed by atoms with Gasteiger partial charge in [0, 0.05) is 17.6 Å². The fourth-order valence-electron chi connectivity index (χ4n) is 4.15. The van der Waals surface area contributed by atoms with E-state index in [9.17, 15) is 0 Å². The van der Waals surface area contributed by atoms with E-state index in [1.807, 2.05) is 0 Å². The summed E-state index contributed by atoms with van der Waals surface area (Å²) in [4.78, 5) is 4.53. The summed E-state index contributed by atoms with van der Waals surface area (Å²) in [5.74, 6) is 2.88. The quantitative estimate of drug-likeness (QED) is 0.690. The van der Waals surface area contributed by atoms with Gasteiger partial charge in [-0.15, -0.1) is 6.42 Å². The molecule has 0 saturated heterocycles. The van der Waals surface area contributed by atoms with Crippen molar-refractivity contribution >= 4 is 11.4 Å². The number of anilines is 2. The van der Waals surface area contributed by atoms with Crippen molar-refractivity contribution in [1.29, 1.82) is 0 Å². The topological polar surface area (TPSA) is 6.48 Å². The van der Waals surface area contributed by atoms with Crippen molar-refractivity contribution in [2.45, 2.75) is 41.5 Å². The average molecular weight is 330 g/mol. The molecule has 0 atom stereocenters. The molecule has 1 aliphatic rings. The molecule has 0 aromatic heterocycles. The molecule has 0 amide bonds. The van der Waals surface area contributed by atoms with Gasteiger partial charge in [0.05, 0.1) is 0 Å². The van der Waals surface area contributed by atoms with Gasteiger partial charge in [0.25, 0.3) is 0 Å². The summed E-state index contributed by atoms with van der Waals surface area (Å²) in [6.45, 7) is 13.7. The first-order valence-corrected chi connectivity index (χ1v) is 8.70. The highest BCUT2D eigenvalue weighted by molar-refractivity contribution is 5.72. The highest BCUT2D eigenvalue weighted by atomic mass is 15.4. The first-order valence-electron chi connectivity index (χ1n) is 8.70. The maximum Gasteiger partial charge on any atom is 0.110 e. The van der Waals surface area contributed by atoms with Crippen LogP contribution in [0.4, 0.5) is 11.4 Å². The van der Waals surface area contributed by atoms with Gasteiger partial charge in [-0.2, -0.15) is 0 Å². The van der Waals surface area contributed by atoms with Crippen LogP contribution in [0.1, 0.15) is 33.4 Å². The van der Waals surface area contributed by atoms with Crippen molar-refractivity contribution in [1.82, 2.24) is 0 Å².